The molecule has 5 heterocycles. The lowest BCUT2D eigenvalue weighted by molar-refractivity contribution is -0.318. The van der Waals surface area contributed by atoms with Crippen LogP contribution >= 0.6 is 0 Å². The molecule has 6 N–H and O–H groups in total. The van der Waals surface area contributed by atoms with Gasteiger partial charge in [-0.1, -0.05) is 38.9 Å². The van der Waals surface area contributed by atoms with E-state index in [0.29, 0.717) is 68.7 Å². The van der Waals surface area contributed by atoms with E-state index in [-0.39, 0.29) is 50.0 Å². The van der Waals surface area contributed by atoms with Crippen LogP contribution in [-0.2, 0) is 58.7 Å². The number of carbonyl (C=O) groups excluding carboxylic acids is 2. The van der Waals surface area contributed by atoms with Crippen molar-refractivity contribution < 1.29 is 82.6 Å². The van der Waals surface area contributed by atoms with Crippen molar-refractivity contribution in [2.24, 2.45) is 28.8 Å². The molecule has 85 heavy (non-hydrogen) atoms. The Morgan fingerprint density at radius 2 is 1.61 bits per heavy atom. The summed E-state index contributed by atoms with van der Waals surface area (Å²) in [4.78, 5) is 63.4. The highest BCUT2D eigenvalue weighted by Gasteiger charge is 2.54. The number of esters is 2. The van der Waals surface area contributed by atoms with Crippen molar-refractivity contribution >= 4 is 34.5 Å². The molecule has 24 nitrogen and oxygen atoms in total. The van der Waals surface area contributed by atoms with E-state index in [2.05, 4.69) is 15.4 Å². The van der Waals surface area contributed by atoms with Gasteiger partial charge in [-0.05, 0) is 112 Å². The number of aliphatic hydroxyl groups excluding tert-OH is 2. The van der Waals surface area contributed by atoms with Crippen LogP contribution in [0.15, 0.2) is 34.3 Å². The maximum atomic E-state index is 14.8. The number of nitrogens with one attached hydrogen (secondary N) is 1. The van der Waals surface area contributed by atoms with Crippen molar-refractivity contribution in [2.45, 2.75) is 198 Å². The first-order chi connectivity index (χ1) is 40.0. The number of morpholine rings is 1. The third-order valence-corrected chi connectivity index (χ3v) is 17.9. The van der Waals surface area contributed by atoms with Crippen LogP contribution in [0.4, 0.5) is 0 Å². The number of carboxylic acid groups (broad SMARTS) is 1. The van der Waals surface area contributed by atoms with Crippen LogP contribution in [0.2, 0.25) is 0 Å². The molecule has 0 radical (unpaired) electrons. The Morgan fingerprint density at radius 1 is 0.918 bits per heavy atom. The lowest BCUT2D eigenvalue weighted by atomic mass is 9.73. The molecule has 4 aliphatic heterocycles. The zero-order chi connectivity index (χ0) is 62.9. The standard InChI is InChI=1S/C61H100N6O18/c1-16-46-61(10,76)53(71)37(4)49(63-79-29-26-66-24-27-78-28-25-66)35(2)32-59(8,75)54(85-58-51(70)45(64(11)12)30-36(3)80-58)38(5)52(39(6)57(74)82-46)84-48-33-60(9,77-15)55(40(7)81-48)83-47(68)21-23-62-22-17-18-41-19-20-44-42(31-41)50(69)43(56(72)73)34-67(44)65(13)14/h19-20,31,34-40,45-46,48,51-55,58,62,70-71,75-76H,16-18,21-30,32-33H2,1-15H3,(H,72,73)/b63-49+/t35-,36-,37+,38+,39-,40+,45+,46-,48+,51-,52+,53-,54-,55+,58+,59-,60-,61-/m1/s1. The number of fused-ring (bicyclic) bond motifs is 1. The van der Waals surface area contributed by atoms with Crippen LogP contribution in [0.25, 0.3) is 10.9 Å². The Kier molecular flexibility index (Phi) is 24.8. The molecular weight excluding hydrogens is 1100 g/mol. The molecule has 4 fully saturated rings. The second-order valence-corrected chi connectivity index (χ2v) is 25.2. The molecule has 0 amide bonds. The molecule has 2 aromatic rings. The van der Waals surface area contributed by atoms with Crippen molar-refractivity contribution in [2.75, 3.05) is 92.9 Å². The fourth-order valence-corrected chi connectivity index (χ4v) is 12.8. The number of likely N-dealkylation sites (N-methyl/N-ethyl adjacent to an activating group) is 1. The van der Waals surface area contributed by atoms with Gasteiger partial charge in [-0.2, -0.15) is 0 Å². The molecule has 482 valence electrons. The zero-order valence-corrected chi connectivity index (χ0v) is 52.9. The van der Waals surface area contributed by atoms with Gasteiger partial charge in [-0.25, -0.2) is 4.79 Å². The zero-order valence-electron chi connectivity index (χ0n) is 52.9. The Labute approximate surface area is 501 Å². The number of aryl methyl sites for hydroxylation is 1. The largest absolute Gasteiger partial charge is 0.477 e. The number of hydrogen-bond donors (Lipinski definition) is 6. The number of carbonyl (C=O) groups is 3. The predicted octanol–water partition coefficient (Wildman–Crippen LogP) is 3.30. The minimum Gasteiger partial charge on any atom is -0.477 e. The van der Waals surface area contributed by atoms with Gasteiger partial charge in [-0.15, -0.1) is 0 Å². The van der Waals surface area contributed by atoms with Crippen molar-refractivity contribution in [3.8, 4) is 0 Å². The summed E-state index contributed by atoms with van der Waals surface area (Å²) in [6.07, 6.45) is -7.56. The number of aliphatic hydroxyl groups is 4. The molecule has 6 rings (SSSR count). The molecule has 24 heteroatoms. The van der Waals surface area contributed by atoms with Crippen LogP contribution in [-0.4, -0.2) is 236 Å². The number of aromatic carboxylic acids is 1. The molecule has 0 unspecified atom stereocenters. The SMILES string of the molecule is CC[C@H]1OC(=O)[C@H](C)[C@@H](O[C@H]2C[C@@](C)(OC)[C@@H](OC(=O)CCNCCCc3ccc4c(c3)c(=O)c(C(=O)O)cn4N(C)C)[C@H](C)O2)[C@H](C)[C@@H](O[C@@H]2O[C@H](C)C[C@H](N(C)C)[C@H]2O)[C@](C)(O)C[C@@H](C)/C(=N\OCCN2CCOCC2)[C@H](C)[C@@H](O)[C@]1(C)O. The fourth-order valence-electron chi connectivity index (χ4n) is 12.8. The van der Waals surface area contributed by atoms with E-state index in [9.17, 15) is 44.7 Å². The van der Waals surface area contributed by atoms with Crippen LogP contribution < -0.4 is 15.8 Å². The first-order valence-corrected chi connectivity index (χ1v) is 30.3. The highest BCUT2D eigenvalue weighted by molar-refractivity contribution is 5.93. The molecule has 1 aromatic heterocycles. The molecule has 18 atom stereocenters. The first kappa shape index (κ1) is 69.7. The maximum absolute atomic E-state index is 14.8. The van der Waals surface area contributed by atoms with Gasteiger partial charge in [0.15, 0.2) is 18.7 Å². The molecule has 0 spiro atoms. The highest BCUT2D eigenvalue weighted by atomic mass is 16.7. The number of aromatic nitrogens is 1. The smallest absolute Gasteiger partial charge is 0.341 e. The minimum absolute atomic E-state index is 0.0115. The van der Waals surface area contributed by atoms with Gasteiger partial charge in [-0.3, -0.25) is 24.0 Å². The van der Waals surface area contributed by atoms with Crippen LogP contribution in [0.1, 0.15) is 124 Å². The summed E-state index contributed by atoms with van der Waals surface area (Å²) in [6.45, 7) is 21.4. The number of pyridine rings is 1. The van der Waals surface area contributed by atoms with Crippen molar-refractivity contribution in [1.29, 1.82) is 0 Å². The van der Waals surface area contributed by atoms with E-state index >= 15 is 0 Å². The first-order valence-electron chi connectivity index (χ1n) is 30.3. The van der Waals surface area contributed by atoms with E-state index in [4.69, 9.17) is 42.7 Å². The Balaban J connectivity index is 1.21. The van der Waals surface area contributed by atoms with Crippen molar-refractivity contribution in [3.05, 3.63) is 45.7 Å². The minimum atomic E-state index is -2.01. The van der Waals surface area contributed by atoms with E-state index < -0.39 is 119 Å². The molecule has 0 saturated carbocycles. The number of nitrogens with zero attached hydrogens (tertiary/aromatic N) is 5. The van der Waals surface area contributed by atoms with Gasteiger partial charge in [0.05, 0.1) is 72.9 Å². The van der Waals surface area contributed by atoms with Crippen LogP contribution in [0, 0.1) is 23.7 Å². The molecule has 4 saturated heterocycles. The number of carboxylic acids is 1. The second kappa shape index (κ2) is 30.2. The van der Waals surface area contributed by atoms with E-state index in [1.807, 2.05) is 38.9 Å². The summed E-state index contributed by atoms with van der Waals surface area (Å²) in [5.41, 5.74) is -4.08. The van der Waals surface area contributed by atoms with Crippen LogP contribution in [0.5, 0.6) is 0 Å². The Bertz CT molecular complexity index is 2610. The van der Waals surface area contributed by atoms with Crippen LogP contribution in [0.3, 0.4) is 0 Å². The predicted molar refractivity (Wildman–Crippen MR) is 317 cm³/mol. The molecule has 1 aromatic carbocycles. The quantitative estimate of drug-likeness (QED) is 0.0594. The third-order valence-electron chi connectivity index (χ3n) is 17.9. The van der Waals surface area contributed by atoms with E-state index in [0.717, 1.165) is 18.7 Å². The van der Waals surface area contributed by atoms with Gasteiger partial charge >= 0.3 is 17.9 Å². The molecule has 0 bridgehead atoms. The van der Waals surface area contributed by atoms with Gasteiger partial charge in [0.25, 0.3) is 0 Å². The lowest BCUT2D eigenvalue weighted by Gasteiger charge is -2.49. The van der Waals surface area contributed by atoms with Gasteiger partial charge in [0.2, 0.25) is 5.43 Å². The Morgan fingerprint density at radius 3 is 2.25 bits per heavy atom. The van der Waals surface area contributed by atoms with E-state index in [1.54, 1.807) is 84.4 Å². The summed E-state index contributed by atoms with van der Waals surface area (Å²) in [5, 5.41) is 69.0. The second-order valence-electron chi connectivity index (χ2n) is 25.2. The fraction of sp³-hybridized carbons (Fsp3) is 0.787. The summed E-state index contributed by atoms with van der Waals surface area (Å²) >= 11 is 0. The third kappa shape index (κ3) is 17.1. The lowest BCUT2D eigenvalue weighted by Crippen LogP contribution is -2.61. The number of oxime groups is 1. The molecular formula is C61H100N6O18. The molecule has 0 aliphatic carbocycles. The summed E-state index contributed by atoms with van der Waals surface area (Å²) < 4.78 is 52.3. The number of methoxy groups -OCH3 is 1. The number of hydrogen-bond acceptors (Lipinski definition) is 22. The van der Waals surface area contributed by atoms with Gasteiger partial charge in [0, 0.05) is 89.2 Å². The number of benzene rings is 1. The normalized spacial score (nSPS) is 36.2. The van der Waals surface area contributed by atoms with E-state index in [1.165, 1.54) is 20.2 Å². The summed E-state index contributed by atoms with van der Waals surface area (Å²) in [6, 6.07) is 5.07. The van der Waals surface area contributed by atoms with Gasteiger partial charge < -0.3 is 83.5 Å². The number of rotatable bonds is 21. The van der Waals surface area contributed by atoms with Crippen molar-refractivity contribution in [1.82, 2.24) is 19.8 Å². The monoisotopic (exact) mass is 1200 g/mol. The van der Waals surface area contributed by atoms with Crippen molar-refractivity contribution in [3.63, 3.8) is 0 Å². The summed E-state index contributed by atoms with van der Waals surface area (Å²) in [7, 11) is 8.73. The molecule has 4 aliphatic rings. The maximum Gasteiger partial charge on any atom is 0.341 e. The van der Waals surface area contributed by atoms with Gasteiger partial charge in [0.1, 0.15) is 35.6 Å². The highest BCUT2D eigenvalue weighted by Crippen LogP contribution is 2.42. The average Bonchev–Trinajstić information content (AvgIpc) is 2.34. The number of ether oxygens (including phenoxy) is 8. The Hall–Kier alpha value is -4.41. The topological polar surface area (TPSA) is 292 Å². The number of cyclic esters (lactones) is 1. The summed E-state index contributed by atoms with van der Waals surface area (Å²) in [5.74, 6) is -6.14. The average molecular weight is 1210 g/mol.